The number of hydrogen-bond donors (Lipinski definition) is 1. The van der Waals surface area contributed by atoms with Crippen molar-refractivity contribution < 1.29 is 28.5 Å². The van der Waals surface area contributed by atoms with E-state index in [0.29, 0.717) is 42.1 Å². The Bertz CT molecular complexity index is 2740. The molecule has 1 N–H and O–H groups in total. The highest BCUT2D eigenvalue weighted by molar-refractivity contribution is 6.07. The molecule has 7 aromatic rings. The Morgan fingerprint density at radius 3 is 1.85 bits per heavy atom. The Morgan fingerprint density at radius 1 is 0.677 bits per heavy atom. The van der Waals surface area contributed by atoms with Gasteiger partial charge in [0.15, 0.2) is 0 Å². The summed E-state index contributed by atoms with van der Waals surface area (Å²) in [5.41, 5.74) is 12.3. The summed E-state index contributed by atoms with van der Waals surface area (Å²) in [5.74, 6) is 2.26. The van der Waals surface area contributed by atoms with Crippen LogP contribution in [0.4, 0.5) is 11.4 Å². The molecular weight excluding hydrogens is 783 g/mol. The predicted molar refractivity (Wildman–Crippen MR) is 239 cm³/mol. The molecule has 0 saturated heterocycles. The van der Waals surface area contributed by atoms with E-state index in [9.17, 15) is 9.59 Å². The number of carboxylic acid groups (broad SMARTS) is 1. The molecule has 13 heteroatoms. The number of benzene rings is 5. The number of aromatic carboxylic acids is 1. The highest BCUT2D eigenvalue weighted by Gasteiger charge is 2.28. The van der Waals surface area contributed by atoms with Crippen molar-refractivity contribution in [3.8, 4) is 50.8 Å². The van der Waals surface area contributed by atoms with E-state index in [2.05, 4.69) is 75.4 Å². The van der Waals surface area contributed by atoms with Crippen LogP contribution in [-0.4, -0.2) is 89.0 Å². The Labute approximate surface area is 360 Å². The molecule has 0 fully saturated rings. The monoisotopic (exact) mass is 831 g/mol. The molecule has 0 atom stereocenters. The highest BCUT2D eigenvalue weighted by Crippen LogP contribution is 2.41. The Hall–Kier alpha value is -7.12. The minimum atomic E-state index is -0.925. The molecule has 5 aromatic carbocycles. The summed E-state index contributed by atoms with van der Waals surface area (Å²) in [6.07, 6.45) is 1.88. The number of hydrogen-bond acceptors (Lipinski definition) is 11. The van der Waals surface area contributed by atoms with Gasteiger partial charge in [-0.25, -0.2) is 4.79 Å². The van der Waals surface area contributed by atoms with Crippen LogP contribution >= 0.6 is 0 Å². The average Bonchev–Trinajstić information content (AvgIpc) is 3.92. The van der Waals surface area contributed by atoms with Gasteiger partial charge >= 0.3 is 5.97 Å². The highest BCUT2D eigenvalue weighted by atomic mass is 16.5. The van der Waals surface area contributed by atoms with Crippen molar-refractivity contribution in [3.63, 3.8) is 0 Å². The number of rotatable bonds is 9. The van der Waals surface area contributed by atoms with Crippen LogP contribution in [0.2, 0.25) is 0 Å². The fraction of sp³-hybridized carbons (Fsp3) is 0.265. The number of amides is 1. The zero-order valence-electron chi connectivity index (χ0n) is 35.8. The smallest absolute Gasteiger partial charge is 0.335 e. The van der Waals surface area contributed by atoms with Crippen molar-refractivity contribution in [3.05, 3.63) is 137 Å². The molecule has 0 spiro atoms. The molecule has 0 aliphatic carbocycles. The second kappa shape index (κ2) is 17.8. The van der Waals surface area contributed by atoms with Crippen molar-refractivity contribution in [2.24, 2.45) is 0 Å². The molecule has 0 bridgehead atoms. The lowest BCUT2D eigenvalue weighted by atomic mass is 9.95. The molecule has 0 radical (unpaired) electrons. The topological polar surface area (TPSA) is 151 Å². The summed E-state index contributed by atoms with van der Waals surface area (Å²) in [7, 11) is 4.18. The van der Waals surface area contributed by atoms with Gasteiger partial charge in [0.2, 0.25) is 23.4 Å². The third-order valence-corrected chi connectivity index (χ3v) is 11.2. The fourth-order valence-electron chi connectivity index (χ4n) is 7.94. The first-order valence-electron chi connectivity index (χ1n) is 20.7. The van der Waals surface area contributed by atoms with Gasteiger partial charge in [0.05, 0.1) is 17.8 Å². The number of carbonyl (C=O) groups excluding carboxylic acids is 1. The van der Waals surface area contributed by atoms with Gasteiger partial charge in [0.1, 0.15) is 12.4 Å². The SMILES string of the molecule is Cc1nc(-c2ccc(-c3ccc(C(=O)N4CCCc5cc6c(cc54)N(CCN(C)C)CCO6)cc3C)cc2)no1.Cc1nc(-c2ccc(-c3ccc(C(=O)O)cc3)c(C)c2)no1. The van der Waals surface area contributed by atoms with Crippen LogP contribution in [0.1, 0.15) is 55.6 Å². The van der Waals surface area contributed by atoms with Gasteiger partial charge in [-0.3, -0.25) is 4.79 Å². The first-order chi connectivity index (χ1) is 29.9. The molecule has 9 rings (SSSR count). The lowest BCUT2D eigenvalue weighted by molar-refractivity contribution is 0.0696. The quantitative estimate of drug-likeness (QED) is 0.148. The number of carbonyl (C=O) groups is 2. The second-order valence-electron chi connectivity index (χ2n) is 15.9. The Balaban J connectivity index is 0.000000203. The Kier molecular flexibility index (Phi) is 12.0. The normalized spacial score (nSPS) is 13.2. The summed E-state index contributed by atoms with van der Waals surface area (Å²) in [4.78, 5) is 39.8. The lowest BCUT2D eigenvalue weighted by Gasteiger charge is -2.36. The Morgan fingerprint density at radius 2 is 1.26 bits per heavy atom. The number of anilines is 2. The number of aromatic nitrogens is 4. The number of likely N-dealkylation sites (N-methyl/N-ethyl adjacent to an activating group) is 1. The van der Waals surface area contributed by atoms with Gasteiger partial charge in [0.25, 0.3) is 5.91 Å². The van der Waals surface area contributed by atoms with E-state index in [0.717, 1.165) is 94.1 Å². The molecule has 13 nitrogen and oxygen atoms in total. The molecular formula is C49H49N7O6. The number of carboxylic acids is 1. The summed E-state index contributed by atoms with van der Waals surface area (Å²) in [5, 5.41) is 16.9. The maximum atomic E-state index is 13.9. The lowest BCUT2D eigenvalue weighted by Crippen LogP contribution is -2.39. The fourth-order valence-corrected chi connectivity index (χ4v) is 7.94. The van der Waals surface area contributed by atoms with Gasteiger partial charge in [-0.15, -0.1) is 0 Å². The van der Waals surface area contributed by atoms with Crippen LogP contribution in [0.15, 0.2) is 106 Å². The van der Waals surface area contributed by atoms with E-state index in [1.165, 1.54) is 5.56 Å². The van der Waals surface area contributed by atoms with Crippen LogP contribution in [-0.2, 0) is 6.42 Å². The summed E-state index contributed by atoms with van der Waals surface area (Å²) in [6, 6.07) is 31.1. The van der Waals surface area contributed by atoms with Gasteiger partial charge in [-0.2, -0.15) is 9.97 Å². The third-order valence-electron chi connectivity index (χ3n) is 11.2. The predicted octanol–water partition coefficient (Wildman–Crippen LogP) is 9.09. The van der Waals surface area contributed by atoms with Gasteiger partial charge in [-0.1, -0.05) is 64.9 Å². The van der Waals surface area contributed by atoms with Gasteiger partial charge < -0.3 is 33.6 Å². The van der Waals surface area contributed by atoms with Crippen LogP contribution in [0.3, 0.4) is 0 Å². The maximum absolute atomic E-state index is 13.9. The molecule has 4 heterocycles. The van der Waals surface area contributed by atoms with Crippen molar-refractivity contribution in [2.75, 3.05) is 56.7 Å². The second-order valence-corrected chi connectivity index (χ2v) is 15.9. The van der Waals surface area contributed by atoms with Gasteiger partial charge in [0, 0.05) is 55.9 Å². The zero-order valence-corrected chi connectivity index (χ0v) is 35.8. The van der Waals surface area contributed by atoms with E-state index in [1.807, 2.05) is 72.5 Å². The largest absolute Gasteiger partial charge is 0.490 e. The molecule has 0 saturated carbocycles. The van der Waals surface area contributed by atoms with Crippen LogP contribution in [0.5, 0.6) is 5.75 Å². The van der Waals surface area contributed by atoms with E-state index in [-0.39, 0.29) is 11.5 Å². The van der Waals surface area contributed by atoms with Crippen molar-refractivity contribution in [1.29, 1.82) is 0 Å². The molecule has 1 amide bonds. The number of fused-ring (bicyclic) bond motifs is 2. The average molecular weight is 832 g/mol. The molecule has 316 valence electrons. The number of nitrogens with zero attached hydrogens (tertiary/aromatic N) is 7. The van der Waals surface area contributed by atoms with Crippen LogP contribution < -0.4 is 14.5 Å². The first-order valence-corrected chi connectivity index (χ1v) is 20.7. The first kappa shape index (κ1) is 41.6. The summed E-state index contributed by atoms with van der Waals surface area (Å²) >= 11 is 0. The van der Waals surface area contributed by atoms with E-state index < -0.39 is 5.97 Å². The van der Waals surface area contributed by atoms with E-state index in [1.54, 1.807) is 26.0 Å². The van der Waals surface area contributed by atoms with Crippen molar-refractivity contribution in [2.45, 2.75) is 40.5 Å². The van der Waals surface area contributed by atoms with Crippen LogP contribution in [0.25, 0.3) is 45.0 Å². The van der Waals surface area contributed by atoms with Crippen LogP contribution in [0, 0.1) is 27.7 Å². The number of aryl methyl sites for hydroxylation is 5. The number of ether oxygens (including phenoxy) is 1. The third kappa shape index (κ3) is 8.98. The van der Waals surface area contributed by atoms with Gasteiger partial charge in [-0.05, 0) is 122 Å². The molecule has 2 aliphatic heterocycles. The minimum Gasteiger partial charge on any atom is -0.490 e. The summed E-state index contributed by atoms with van der Waals surface area (Å²) < 4.78 is 16.1. The minimum absolute atomic E-state index is 0.0370. The molecule has 2 aromatic heterocycles. The molecule has 0 unspecified atom stereocenters. The van der Waals surface area contributed by atoms with E-state index in [4.69, 9.17) is 18.9 Å². The standard InChI is InChI=1S/C32H35N5O3.C17H14N2O3/c1-21-18-26(11-12-27(21)23-7-9-24(10-8-23)31-33-22(2)40-34-31)32(38)37-13-5-6-25-19-30-29(20-28(25)37)36(16-17-39-30)15-14-35(3)4;1-10-9-14(16-18-11(2)22-19-16)7-8-15(10)12-3-5-13(6-4-12)17(20)21/h7-12,18-20H,5-6,13-17H2,1-4H3;3-9H,1-2H3,(H,20,21). The summed E-state index contributed by atoms with van der Waals surface area (Å²) in [6.45, 7) is 11.7. The molecule has 2 aliphatic rings. The zero-order chi connectivity index (χ0) is 43.5. The van der Waals surface area contributed by atoms with E-state index >= 15 is 0 Å². The molecule has 62 heavy (non-hydrogen) atoms. The van der Waals surface area contributed by atoms with Crippen molar-refractivity contribution >= 4 is 23.3 Å². The maximum Gasteiger partial charge on any atom is 0.335 e. The van der Waals surface area contributed by atoms with Crippen molar-refractivity contribution in [1.82, 2.24) is 25.2 Å².